The Labute approximate surface area is 130 Å². The second-order valence-corrected chi connectivity index (χ2v) is 5.49. The van der Waals surface area contributed by atoms with Gasteiger partial charge in [0, 0.05) is 18.8 Å². The Kier molecular flexibility index (Phi) is 4.23. The number of carbonyl (C=O) groups is 1. The molecule has 1 aliphatic heterocycles. The van der Waals surface area contributed by atoms with E-state index in [4.69, 9.17) is 5.73 Å². The van der Waals surface area contributed by atoms with Gasteiger partial charge in [-0.3, -0.25) is 4.79 Å². The summed E-state index contributed by atoms with van der Waals surface area (Å²) in [7, 11) is 0. The van der Waals surface area contributed by atoms with Gasteiger partial charge in [-0.05, 0) is 43.5 Å². The third kappa shape index (κ3) is 3.19. The highest BCUT2D eigenvalue weighted by Gasteiger charge is 2.13. The zero-order valence-electron chi connectivity index (χ0n) is 12.5. The van der Waals surface area contributed by atoms with Crippen molar-refractivity contribution in [3.63, 3.8) is 0 Å². The van der Waals surface area contributed by atoms with Crippen molar-refractivity contribution in [1.82, 2.24) is 4.98 Å². The molecule has 0 aliphatic carbocycles. The number of nitrogens with zero attached hydrogens (tertiary/aromatic N) is 2. The van der Waals surface area contributed by atoms with Crippen molar-refractivity contribution in [2.45, 2.75) is 19.3 Å². The van der Waals surface area contributed by atoms with Crippen LogP contribution in [0.2, 0.25) is 0 Å². The lowest BCUT2D eigenvalue weighted by Crippen LogP contribution is -2.30. The molecule has 0 atom stereocenters. The van der Waals surface area contributed by atoms with Crippen LogP contribution in [0.3, 0.4) is 0 Å². The van der Waals surface area contributed by atoms with Gasteiger partial charge in [-0.2, -0.15) is 0 Å². The Morgan fingerprint density at radius 3 is 2.55 bits per heavy atom. The molecule has 0 radical (unpaired) electrons. The Balaban J connectivity index is 1.68. The van der Waals surface area contributed by atoms with Crippen LogP contribution in [0.4, 0.5) is 17.2 Å². The largest absolute Gasteiger partial charge is 0.398 e. The maximum absolute atomic E-state index is 12.2. The van der Waals surface area contributed by atoms with Crippen molar-refractivity contribution in [2.75, 3.05) is 29.0 Å². The molecule has 0 spiro atoms. The zero-order valence-corrected chi connectivity index (χ0v) is 12.5. The van der Waals surface area contributed by atoms with Crippen LogP contribution in [-0.2, 0) is 0 Å². The number of pyridine rings is 1. The number of nitrogen functional groups attached to an aromatic ring is 1. The first-order chi connectivity index (χ1) is 10.7. The predicted molar refractivity (Wildman–Crippen MR) is 89.1 cm³/mol. The molecule has 1 saturated heterocycles. The van der Waals surface area contributed by atoms with Gasteiger partial charge in [-0.15, -0.1) is 0 Å². The second kappa shape index (κ2) is 6.47. The molecule has 1 amide bonds. The molecule has 1 aromatic heterocycles. The number of carbonyl (C=O) groups excluding carboxylic acids is 1. The van der Waals surface area contributed by atoms with Gasteiger partial charge in [0.2, 0.25) is 0 Å². The summed E-state index contributed by atoms with van der Waals surface area (Å²) in [5.41, 5.74) is 7.43. The summed E-state index contributed by atoms with van der Waals surface area (Å²) in [6.45, 7) is 2.11. The topological polar surface area (TPSA) is 71.2 Å². The zero-order chi connectivity index (χ0) is 15.4. The van der Waals surface area contributed by atoms with Gasteiger partial charge in [0.25, 0.3) is 5.91 Å². The molecule has 1 fully saturated rings. The van der Waals surface area contributed by atoms with Gasteiger partial charge < -0.3 is 16.0 Å². The van der Waals surface area contributed by atoms with E-state index < -0.39 is 0 Å². The highest BCUT2D eigenvalue weighted by molar-refractivity contribution is 6.07. The van der Waals surface area contributed by atoms with Crippen LogP contribution in [0.25, 0.3) is 0 Å². The summed E-state index contributed by atoms with van der Waals surface area (Å²) in [5, 5.41) is 2.83. The molecule has 114 valence electrons. The number of hydrogen-bond donors (Lipinski definition) is 2. The van der Waals surface area contributed by atoms with Crippen molar-refractivity contribution in [3.8, 4) is 0 Å². The number of benzene rings is 1. The summed E-state index contributed by atoms with van der Waals surface area (Å²) in [5.74, 6) is 0.752. The first-order valence-corrected chi connectivity index (χ1v) is 7.61. The summed E-state index contributed by atoms with van der Waals surface area (Å²) < 4.78 is 0. The van der Waals surface area contributed by atoms with E-state index in [1.54, 1.807) is 30.5 Å². The van der Waals surface area contributed by atoms with E-state index in [2.05, 4.69) is 15.2 Å². The van der Waals surface area contributed by atoms with Gasteiger partial charge in [0.15, 0.2) is 0 Å². The van der Waals surface area contributed by atoms with Crippen LogP contribution in [0.5, 0.6) is 0 Å². The predicted octanol–water partition coefficient (Wildman–Crippen LogP) is 2.91. The minimum absolute atomic E-state index is 0.217. The van der Waals surface area contributed by atoms with Gasteiger partial charge >= 0.3 is 0 Å². The molecule has 0 saturated carbocycles. The number of rotatable bonds is 3. The highest BCUT2D eigenvalue weighted by Crippen LogP contribution is 2.20. The smallest absolute Gasteiger partial charge is 0.257 e. The fourth-order valence-corrected chi connectivity index (χ4v) is 2.67. The Bertz CT molecular complexity index is 648. The number of nitrogens with two attached hydrogens (primary N) is 1. The van der Waals surface area contributed by atoms with Crippen LogP contribution in [0.15, 0.2) is 42.6 Å². The van der Waals surface area contributed by atoms with Crippen molar-refractivity contribution in [2.24, 2.45) is 0 Å². The van der Waals surface area contributed by atoms with Crippen LogP contribution < -0.4 is 16.0 Å². The van der Waals surface area contributed by atoms with E-state index in [9.17, 15) is 4.79 Å². The molecule has 5 heteroatoms. The molecule has 2 heterocycles. The van der Waals surface area contributed by atoms with Crippen LogP contribution in [-0.4, -0.2) is 24.0 Å². The van der Waals surface area contributed by atoms with Crippen molar-refractivity contribution in [3.05, 3.63) is 48.2 Å². The van der Waals surface area contributed by atoms with Crippen molar-refractivity contribution in [1.29, 1.82) is 0 Å². The standard InChI is InChI=1S/C17H20N4O/c18-15-7-3-2-6-14(15)17(22)20-13-8-9-16(19-12-13)21-10-4-1-5-11-21/h2-3,6-9,12H,1,4-5,10-11,18H2,(H,20,22). The third-order valence-electron chi connectivity index (χ3n) is 3.89. The minimum atomic E-state index is -0.217. The van der Waals surface area contributed by atoms with Crippen LogP contribution >= 0.6 is 0 Å². The molecule has 2 aromatic rings. The number of hydrogen-bond acceptors (Lipinski definition) is 4. The fraction of sp³-hybridized carbons (Fsp3) is 0.294. The highest BCUT2D eigenvalue weighted by atomic mass is 16.1. The average molecular weight is 296 g/mol. The minimum Gasteiger partial charge on any atom is -0.398 e. The molecule has 1 aliphatic rings. The number of aromatic nitrogens is 1. The summed E-state index contributed by atoms with van der Waals surface area (Å²) in [6.07, 6.45) is 5.42. The lowest BCUT2D eigenvalue weighted by Gasteiger charge is -2.27. The second-order valence-electron chi connectivity index (χ2n) is 5.49. The number of nitrogens with one attached hydrogen (secondary N) is 1. The molecular weight excluding hydrogens is 276 g/mol. The first kappa shape index (κ1) is 14.4. The van der Waals surface area contributed by atoms with Gasteiger partial charge in [-0.1, -0.05) is 12.1 Å². The molecule has 22 heavy (non-hydrogen) atoms. The van der Waals surface area contributed by atoms with E-state index in [0.717, 1.165) is 18.9 Å². The lowest BCUT2D eigenvalue weighted by molar-refractivity contribution is 0.102. The van der Waals surface area contributed by atoms with E-state index in [1.807, 2.05) is 12.1 Å². The first-order valence-electron chi connectivity index (χ1n) is 7.61. The molecule has 3 N–H and O–H groups in total. The van der Waals surface area contributed by atoms with E-state index in [-0.39, 0.29) is 5.91 Å². The Morgan fingerprint density at radius 2 is 1.86 bits per heavy atom. The number of piperidine rings is 1. The monoisotopic (exact) mass is 296 g/mol. The SMILES string of the molecule is Nc1ccccc1C(=O)Nc1ccc(N2CCCCC2)nc1. The van der Waals surface area contributed by atoms with Crippen molar-refractivity contribution < 1.29 is 4.79 Å². The van der Waals surface area contributed by atoms with Crippen molar-refractivity contribution >= 4 is 23.1 Å². The quantitative estimate of drug-likeness (QED) is 0.854. The average Bonchev–Trinajstić information content (AvgIpc) is 2.57. The maximum Gasteiger partial charge on any atom is 0.257 e. The lowest BCUT2D eigenvalue weighted by atomic mass is 10.1. The summed E-state index contributed by atoms with van der Waals surface area (Å²) >= 11 is 0. The van der Waals surface area contributed by atoms with E-state index in [0.29, 0.717) is 16.9 Å². The van der Waals surface area contributed by atoms with E-state index in [1.165, 1.54) is 19.3 Å². The molecule has 0 unspecified atom stereocenters. The maximum atomic E-state index is 12.2. The molecule has 0 bridgehead atoms. The summed E-state index contributed by atoms with van der Waals surface area (Å²) in [6, 6.07) is 10.9. The number of para-hydroxylation sites is 1. The molecule has 5 nitrogen and oxygen atoms in total. The van der Waals surface area contributed by atoms with Crippen LogP contribution in [0, 0.1) is 0 Å². The summed E-state index contributed by atoms with van der Waals surface area (Å²) in [4.78, 5) is 18.9. The van der Waals surface area contributed by atoms with E-state index >= 15 is 0 Å². The molecule has 1 aromatic carbocycles. The molecular formula is C17H20N4O. The Morgan fingerprint density at radius 1 is 1.09 bits per heavy atom. The Hall–Kier alpha value is -2.56. The number of amides is 1. The van der Waals surface area contributed by atoms with Gasteiger partial charge in [-0.25, -0.2) is 4.98 Å². The van der Waals surface area contributed by atoms with Gasteiger partial charge in [0.05, 0.1) is 17.4 Å². The molecule has 3 rings (SSSR count). The van der Waals surface area contributed by atoms with Crippen LogP contribution in [0.1, 0.15) is 29.6 Å². The number of anilines is 3. The fourth-order valence-electron chi connectivity index (χ4n) is 2.67. The third-order valence-corrected chi connectivity index (χ3v) is 3.89. The van der Waals surface area contributed by atoms with Gasteiger partial charge in [0.1, 0.15) is 5.82 Å². The normalized spacial score (nSPS) is 14.6.